The van der Waals surface area contributed by atoms with Gasteiger partial charge in [0, 0.05) is 16.9 Å². The van der Waals surface area contributed by atoms with Gasteiger partial charge in [-0.3, -0.25) is 4.79 Å². The lowest BCUT2D eigenvalue weighted by molar-refractivity contribution is 0.102. The second-order valence-corrected chi connectivity index (χ2v) is 3.84. The molecule has 3 heteroatoms. The number of amides is 1. The summed E-state index contributed by atoms with van der Waals surface area (Å²) in [5.74, 6) is 2.28. The monoisotopic (exact) mass is 236 g/mol. The molecule has 0 spiro atoms. The van der Waals surface area contributed by atoms with Gasteiger partial charge in [0.15, 0.2) is 0 Å². The summed E-state index contributed by atoms with van der Waals surface area (Å²) in [5, 5.41) is 2.76. The fourth-order valence-corrected chi connectivity index (χ4v) is 1.55. The summed E-state index contributed by atoms with van der Waals surface area (Å²) < 4.78 is 0. The lowest BCUT2D eigenvalue weighted by atomic mass is 10.2. The molecule has 0 atom stereocenters. The molecule has 0 aliphatic rings. The minimum absolute atomic E-state index is 0.243. The van der Waals surface area contributed by atoms with E-state index in [2.05, 4.69) is 16.2 Å². The van der Waals surface area contributed by atoms with Gasteiger partial charge >= 0.3 is 0 Å². The number of nitrogens with zero attached hydrogens (tertiary/aromatic N) is 1. The zero-order valence-electron chi connectivity index (χ0n) is 9.97. The third-order valence-corrected chi connectivity index (χ3v) is 2.41. The van der Waals surface area contributed by atoms with E-state index in [9.17, 15) is 4.79 Å². The Kier molecular flexibility index (Phi) is 3.40. The first-order valence-electron chi connectivity index (χ1n) is 5.51. The van der Waals surface area contributed by atoms with E-state index in [0.717, 1.165) is 11.3 Å². The minimum Gasteiger partial charge on any atom is -0.321 e. The highest BCUT2D eigenvalue weighted by atomic mass is 16.1. The van der Waals surface area contributed by atoms with Crippen LogP contribution in [0.3, 0.4) is 0 Å². The van der Waals surface area contributed by atoms with Crippen LogP contribution in [0.15, 0.2) is 42.5 Å². The van der Waals surface area contributed by atoms with Crippen LogP contribution in [0.4, 0.5) is 5.69 Å². The molecule has 0 fully saturated rings. The van der Waals surface area contributed by atoms with Gasteiger partial charge in [-0.2, -0.15) is 0 Å². The van der Waals surface area contributed by atoms with Crippen LogP contribution in [0.5, 0.6) is 0 Å². The number of hydrogen-bond donors (Lipinski definition) is 1. The average Bonchev–Trinajstić information content (AvgIpc) is 2.39. The van der Waals surface area contributed by atoms with Gasteiger partial charge in [-0.1, -0.05) is 18.1 Å². The second-order valence-electron chi connectivity index (χ2n) is 3.84. The van der Waals surface area contributed by atoms with Crippen LogP contribution in [-0.4, -0.2) is 10.9 Å². The van der Waals surface area contributed by atoms with Crippen LogP contribution in [0.25, 0.3) is 0 Å². The number of carbonyl (C=O) groups is 1. The minimum atomic E-state index is -0.243. The molecular formula is C15H12N2O. The van der Waals surface area contributed by atoms with Crippen molar-refractivity contribution >= 4 is 11.6 Å². The van der Waals surface area contributed by atoms with Crippen LogP contribution in [0, 0.1) is 19.3 Å². The normalized spacial score (nSPS) is 9.56. The second kappa shape index (κ2) is 5.15. The fraction of sp³-hybridized carbons (Fsp3) is 0.0667. The number of hydrogen-bond acceptors (Lipinski definition) is 2. The average molecular weight is 236 g/mol. The quantitative estimate of drug-likeness (QED) is 0.814. The van der Waals surface area contributed by atoms with E-state index in [-0.39, 0.29) is 5.91 Å². The third-order valence-electron chi connectivity index (χ3n) is 2.41. The molecule has 0 aliphatic carbocycles. The first kappa shape index (κ1) is 11.9. The molecule has 2 rings (SSSR count). The largest absolute Gasteiger partial charge is 0.321 e. The topological polar surface area (TPSA) is 42.0 Å². The molecule has 0 bridgehead atoms. The van der Waals surface area contributed by atoms with Crippen LogP contribution < -0.4 is 5.32 Å². The number of anilines is 1. The van der Waals surface area contributed by atoms with Crippen molar-refractivity contribution in [3.8, 4) is 12.3 Å². The molecule has 1 N–H and O–H groups in total. The predicted molar refractivity (Wildman–Crippen MR) is 71.3 cm³/mol. The molecule has 0 unspecified atom stereocenters. The van der Waals surface area contributed by atoms with Crippen molar-refractivity contribution in [1.29, 1.82) is 0 Å². The summed E-state index contributed by atoms with van der Waals surface area (Å²) in [5.41, 5.74) is 2.59. The van der Waals surface area contributed by atoms with Crippen molar-refractivity contribution in [3.63, 3.8) is 0 Å². The van der Waals surface area contributed by atoms with Gasteiger partial charge < -0.3 is 5.32 Å². The number of rotatable bonds is 2. The maximum atomic E-state index is 11.9. The first-order valence-corrected chi connectivity index (χ1v) is 5.51. The number of aromatic nitrogens is 1. The number of nitrogens with one attached hydrogen (secondary N) is 1. The molecule has 18 heavy (non-hydrogen) atoms. The summed E-state index contributed by atoms with van der Waals surface area (Å²) in [6.45, 7) is 1.84. The molecule has 1 aromatic carbocycles. The highest BCUT2D eigenvalue weighted by molar-refractivity contribution is 6.02. The zero-order valence-corrected chi connectivity index (χ0v) is 9.97. The Bertz CT molecular complexity index is 626. The zero-order chi connectivity index (χ0) is 13.0. The maximum Gasteiger partial charge on any atom is 0.274 e. The molecule has 0 radical (unpaired) electrons. The van der Waals surface area contributed by atoms with E-state index in [0.29, 0.717) is 11.4 Å². The number of terminal acetylenes is 1. The van der Waals surface area contributed by atoms with Gasteiger partial charge in [0.1, 0.15) is 5.69 Å². The summed E-state index contributed by atoms with van der Waals surface area (Å²) in [6.07, 6.45) is 5.31. The highest BCUT2D eigenvalue weighted by Crippen LogP contribution is 2.11. The van der Waals surface area contributed by atoms with Crippen molar-refractivity contribution in [1.82, 2.24) is 4.98 Å². The summed E-state index contributed by atoms with van der Waals surface area (Å²) in [6, 6.07) is 12.5. The van der Waals surface area contributed by atoms with Gasteiger partial charge in [-0.25, -0.2) is 4.98 Å². The van der Waals surface area contributed by atoms with Crippen LogP contribution in [0.1, 0.15) is 21.7 Å². The lowest BCUT2D eigenvalue weighted by Crippen LogP contribution is -2.13. The van der Waals surface area contributed by atoms with Gasteiger partial charge in [0.2, 0.25) is 0 Å². The van der Waals surface area contributed by atoms with Crippen molar-refractivity contribution in [2.24, 2.45) is 0 Å². The van der Waals surface area contributed by atoms with Gasteiger partial charge in [0.05, 0.1) is 0 Å². The molecule has 0 saturated carbocycles. The Morgan fingerprint density at radius 1 is 1.28 bits per heavy atom. The standard InChI is InChI=1S/C15H12N2O/c1-3-12-7-5-8-13(10-12)17-15(18)14-9-4-6-11(2)16-14/h1,4-10H,2H3,(H,17,18). The fourth-order valence-electron chi connectivity index (χ4n) is 1.55. The molecule has 0 aliphatic heterocycles. The van der Waals surface area contributed by atoms with Crippen molar-refractivity contribution in [2.75, 3.05) is 5.32 Å². The smallest absolute Gasteiger partial charge is 0.274 e. The summed E-state index contributed by atoms with van der Waals surface area (Å²) in [4.78, 5) is 16.1. The Morgan fingerprint density at radius 2 is 2.06 bits per heavy atom. The van der Waals surface area contributed by atoms with Crippen molar-refractivity contribution in [2.45, 2.75) is 6.92 Å². The van der Waals surface area contributed by atoms with E-state index in [1.54, 1.807) is 36.4 Å². The van der Waals surface area contributed by atoms with Crippen LogP contribution >= 0.6 is 0 Å². The molecule has 3 nitrogen and oxygen atoms in total. The van der Waals surface area contributed by atoms with E-state index in [1.807, 2.05) is 13.0 Å². The number of carbonyl (C=O) groups excluding carboxylic acids is 1. The molecule has 1 heterocycles. The maximum absolute atomic E-state index is 11.9. The molecule has 88 valence electrons. The summed E-state index contributed by atoms with van der Waals surface area (Å²) in [7, 11) is 0. The molecule has 1 aromatic heterocycles. The predicted octanol–water partition coefficient (Wildman–Crippen LogP) is 2.62. The van der Waals surface area contributed by atoms with Crippen molar-refractivity contribution < 1.29 is 4.79 Å². The number of aryl methyl sites for hydroxylation is 1. The van der Waals surface area contributed by atoms with E-state index >= 15 is 0 Å². The third kappa shape index (κ3) is 2.74. The Hall–Kier alpha value is -2.60. The Balaban J connectivity index is 2.19. The van der Waals surface area contributed by atoms with Gasteiger partial charge in [-0.15, -0.1) is 6.42 Å². The SMILES string of the molecule is C#Cc1cccc(NC(=O)c2cccc(C)n2)c1. The molecule has 0 saturated heterocycles. The van der Waals surface area contributed by atoms with E-state index in [1.165, 1.54) is 0 Å². The van der Waals surface area contributed by atoms with E-state index < -0.39 is 0 Å². The van der Waals surface area contributed by atoms with Gasteiger partial charge in [0.25, 0.3) is 5.91 Å². The van der Waals surface area contributed by atoms with E-state index in [4.69, 9.17) is 6.42 Å². The highest BCUT2D eigenvalue weighted by Gasteiger charge is 2.07. The Morgan fingerprint density at radius 3 is 2.78 bits per heavy atom. The lowest BCUT2D eigenvalue weighted by Gasteiger charge is -2.05. The Labute approximate surface area is 106 Å². The summed E-state index contributed by atoms with van der Waals surface area (Å²) >= 11 is 0. The molecular weight excluding hydrogens is 224 g/mol. The van der Waals surface area contributed by atoms with Gasteiger partial charge in [-0.05, 0) is 37.3 Å². The molecule has 1 amide bonds. The number of pyridine rings is 1. The molecule has 2 aromatic rings. The van der Waals surface area contributed by atoms with Crippen LogP contribution in [0.2, 0.25) is 0 Å². The van der Waals surface area contributed by atoms with Crippen molar-refractivity contribution in [3.05, 3.63) is 59.4 Å². The number of benzene rings is 1. The van der Waals surface area contributed by atoms with Crippen LogP contribution in [-0.2, 0) is 0 Å². The first-order chi connectivity index (χ1) is 8.69.